The lowest BCUT2D eigenvalue weighted by Gasteiger charge is -2.22. The number of carbonyl (C=O) groups is 2. The van der Waals surface area contributed by atoms with Gasteiger partial charge in [-0.25, -0.2) is 4.98 Å². The first-order valence-electron chi connectivity index (χ1n) is 8.53. The van der Waals surface area contributed by atoms with Gasteiger partial charge in [-0.15, -0.1) is 0 Å². The third-order valence-corrected chi connectivity index (χ3v) is 4.52. The fourth-order valence-corrected chi connectivity index (χ4v) is 3.22. The average Bonchev–Trinajstić information content (AvgIpc) is 3.30. The minimum atomic E-state index is -0.273. The molecule has 1 aliphatic heterocycles. The lowest BCUT2D eigenvalue weighted by Crippen LogP contribution is -2.42. The van der Waals surface area contributed by atoms with Gasteiger partial charge in [0.1, 0.15) is 5.69 Å². The quantitative estimate of drug-likeness (QED) is 0.614. The second kappa shape index (κ2) is 7.52. The van der Waals surface area contributed by atoms with Crippen molar-refractivity contribution in [2.45, 2.75) is 38.9 Å². The molecule has 0 radical (unpaired) electrons. The number of amides is 2. The molecule has 3 rings (SSSR count). The van der Waals surface area contributed by atoms with Crippen LogP contribution in [-0.4, -0.2) is 56.8 Å². The van der Waals surface area contributed by atoms with Gasteiger partial charge in [0.05, 0.1) is 18.1 Å². The van der Waals surface area contributed by atoms with Crippen molar-refractivity contribution in [3.63, 3.8) is 0 Å². The summed E-state index contributed by atoms with van der Waals surface area (Å²) in [4.78, 5) is 37.1. The molecule has 8 heteroatoms. The molecule has 1 saturated heterocycles. The number of likely N-dealkylation sites (tertiary alicyclic amines) is 1. The highest BCUT2D eigenvalue weighted by molar-refractivity contribution is 5.92. The first-order chi connectivity index (χ1) is 12.1. The number of imidazole rings is 1. The first kappa shape index (κ1) is 17.2. The van der Waals surface area contributed by atoms with E-state index in [1.165, 1.54) is 0 Å². The smallest absolute Gasteiger partial charge is 0.267 e. The number of nitrogens with zero attached hydrogens (tertiary/aromatic N) is 2. The summed E-state index contributed by atoms with van der Waals surface area (Å²) in [5.74, 6) is -0.158. The molecule has 2 aromatic rings. The van der Waals surface area contributed by atoms with Crippen molar-refractivity contribution in [2.75, 3.05) is 13.1 Å². The summed E-state index contributed by atoms with van der Waals surface area (Å²) < 4.78 is 0. The van der Waals surface area contributed by atoms with Crippen LogP contribution in [0.4, 0.5) is 0 Å². The Bertz CT molecular complexity index is 723. The summed E-state index contributed by atoms with van der Waals surface area (Å²) in [6.45, 7) is 5.64. The van der Waals surface area contributed by atoms with Gasteiger partial charge < -0.3 is 20.6 Å². The van der Waals surface area contributed by atoms with Crippen molar-refractivity contribution in [2.24, 2.45) is 0 Å². The van der Waals surface area contributed by atoms with Crippen molar-refractivity contribution >= 4 is 11.8 Å². The average molecular weight is 344 g/mol. The van der Waals surface area contributed by atoms with Gasteiger partial charge in [-0.3, -0.25) is 14.5 Å². The summed E-state index contributed by atoms with van der Waals surface area (Å²) in [6.07, 6.45) is 3.96. The molecule has 0 saturated carbocycles. The van der Waals surface area contributed by atoms with Crippen LogP contribution in [0.1, 0.15) is 35.2 Å². The number of likely N-dealkylation sites (N-methyl/N-ethyl adjacent to an activating group) is 1. The van der Waals surface area contributed by atoms with Gasteiger partial charge in [-0.05, 0) is 32.4 Å². The van der Waals surface area contributed by atoms with Crippen LogP contribution in [0.25, 0.3) is 0 Å². The predicted octanol–water partition coefficient (Wildman–Crippen LogP) is 0.555. The van der Waals surface area contributed by atoms with E-state index in [2.05, 4.69) is 30.5 Å². The molecule has 1 fully saturated rings. The molecule has 8 nitrogen and oxygen atoms in total. The number of nitrogens with one attached hydrogen (secondary N) is 4. The summed E-state index contributed by atoms with van der Waals surface area (Å²) >= 11 is 0. The van der Waals surface area contributed by atoms with Crippen LogP contribution >= 0.6 is 0 Å². The Morgan fingerprint density at radius 3 is 2.88 bits per heavy atom. The van der Waals surface area contributed by atoms with Crippen LogP contribution in [0.5, 0.6) is 0 Å². The van der Waals surface area contributed by atoms with Crippen molar-refractivity contribution in [1.29, 1.82) is 0 Å². The molecule has 0 aliphatic carbocycles. The molecule has 0 aromatic carbocycles. The maximum absolute atomic E-state index is 12.4. The Kier molecular flexibility index (Phi) is 5.18. The Morgan fingerprint density at radius 1 is 1.40 bits per heavy atom. The maximum Gasteiger partial charge on any atom is 0.267 e. The number of aryl methyl sites for hydroxylation is 1. The van der Waals surface area contributed by atoms with Crippen LogP contribution in [0.2, 0.25) is 0 Å². The number of hydrogen-bond donors (Lipinski definition) is 4. The van der Waals surface area contributed by atoms with Gasteiger partial charge in [0, 0.05) is 37.6 Å². The fourth-order valence-electron chi connectivity index (χ4n) is 3.22. The van der Waals surface area contributed by atoms with Gasteiger partial charge in [0.25, 0.3) is 5.91 Å². The first-order valence-corrected chi connectivity index (χ1v) is 8.53. The molecule has 3 heterocycles. The van der Waals surface area contributed by atoms with Crippen LogP contribution in [0.15, 0.2) is 24.7 Å². The molecule has 4 N–H and O–H groups in total. The van der Waals surface area contributed by atoms with Crippen molar-refractivity contribution in [1.82, 2.24) is 30.5 Å². The van der Waals surface area contributed by atoms with Gasteiger partial charge >= 0.3 is 0 Å². The van der Waals surface area contributed by atoms with E-state index >= 15 is 0 Å². The van der Waals surface area contributed by atoms with Gasteiger partial charge in [0.15, 0.2) is 0 Å². The number of aromatic nitrogens is 3. The molecule has 0 spiro atoms. The number of rotatable bonds is 6. The van der Waals surface area contributed by atoms with E-state index in [4.69, 9.17) is 0 Å². The van der Waals surface area contributed by atoms with E-state index < -0.39 is 0 Å². The number of carbonyl (C=O) groups excluding carboxylic acids is 2. The van der Waals surface area contributed by atoms with Crippen molar-refractivity contribution in [3.8, 4) is 0 Å². The molecule has 1 aliphatic rings. The second-order valence-electron chi connectivity index (χ2n) is 6.30. The minimum absolute atomic E-state index is 0.00712. The fraction of sp³-hybridized carbons (Fsp3) is 0.471. The molecular formula is C17H24N6O2. The topological polar surface area (TPSA) is 106 Å². The van der Waals surface area contributed by atoms with Gasteiger partial charge in [-0.1, -0.05) is 0 Å². The Labute approximate surface area is 146 Å². The molecule has 2 amide bonds. The second-order valence-corrected chi connectivity index (χ2v) is 6.30. The van der Waals surface area contributed by atoms with E-state index in [1.54, 1.807) is 24.7 Å². The lowest BCUT2D eigenvalue weighted by atomic mass is 10.1. The van der Waals surface area contributed by atoms with Crippen LogP contribution < -0.4 is 10.6 Å². The molecule has 0 unspecified atom stereocenters. The maximum atomic E-state index is 12.4. The van der Waals surface area contributed by atoms with E-state index in [0.29, 0.717) is 31.7 Å². The SMILES string of the molecule is CCNC(=O)[C@@H]1C[C@H](NC(=O)c2ccc[nH]2)CN1Cc1nc[nH]c1C. The zero-order valence-electron chi connectivity index (χ0n) is 14.5. The van der Waals surface area contributed by atoms with Gasteiger partial charge in [-0.2, -0.15) is 0 Å². The lowest BCUT2D eigenvalue weighted by molar-refractivity contribution is -0.125. The zero-order chi connectivity index (χ0) is 17.8. The molecule has 134 valence electrons. The highest BCUT2D eigenvalue weighted by Gasteiger charge is 2.37. The molecular weight excluding hydrogens is 320 g/mol. The summed E-state index contributed by atoms with van der Waals surface area (Å²) in [5, 5.41) is 5.90. The molecule has 25 heavy (non-hydrogen) atoms. The number of aromatic amines is 2. The largest absolute Gasteiger partial charge is 0.357 e. The third-order valence-electron chi connectivity index (χ3n) is 4.52. The van der Waals surface area contributed by atoms with Gasteiger partial charge in [0.2, 0.25) is 5.91 Å². The highest BCUT2D eigenvalue weighted by Crippen LogP contribution is 2.21. The van der Waals surface area contributed by atoms with Crippen LogP contribution in [0, 0.1) is 6.92 Å². The molecule has 0 bridgehead atoms. The number of hydrogen-bond acceptors (Lipinski definition) is 4. The van der Waals surface area contributed by atoms with E-state index in [-0.39, 0.29) is 23.9 Å². The molecule has 2 aromatic heterocycles. The summed E-state index contributed by atoms with van der Waals surface area (Å²) in [6, 6.07) is 3.16. The minimum Gasteiger partial charge on any atom is -0.357 e. The Balaban J connectivity index is 1.69. The zero-order valence-corrected chi connectivity index (χ0v) is 14.5. The van der Waals surface area contributed by atoms with Crippen LogP contribution in [0.3, 0.4) is 0 Å². The van der Waals surface area contributed by atoms with Crippen molar-refractivity contribution < 1.29 is 9.59 Å². The Hall–Kier alpha value is -2.61. The third kappa shape index (κ3) is 3.90. The summed E-state index contributed by atoms with van der Waals surface area (Å²) in [5.41, 5.74) is 2.44. The van der Waals surface area contributed by atoms with Crippen molar-refractivity contribution in [3.05, 3.63) is 41.7 Å². The molecule has 2 atom stereocenters. The van der Waals surface area contributed by atoms with E-state index in [1.807, 2.05) is 13.8 Å². The standard InChI is InChI=1S/C17H24N6O2/c1-3-18-17(25)15-7-12(22-16(24)13-5-4-6-19-13)8-23(15)9-14-11(2)20-10-21-14/h4-6,10,12,15,19H,3,7-9H2,1-2H3,(H,18,25)(H,20,21)(H,22,24)/t12-,15-/m0/s1. The number of H-pyrrole nitrogens is 2. The van der Waals surface area contributed by atoms with Crippen LogP contribution in [-0.2, 0) is 11.3 Å². The predicted molar refractivity (Wildman–Crippen MR) is 92.9 cm³/mol. The summed E-state index contributed by atoms with van der Waals surface area (Å²) in [7, 11) is 0. The monoisotopic (exact) mass is 344 g/mol. The van der Waals surface area contributed by atoms with E-state index in [9.17, 15) is 9.59 Å². The normalized spacial score (nSPS) is 20.6. The highest BCUT2D eigenvalue weighted by atomic mass is 16.2. The Morgan fingerprint density at radius 2 is 2.24 bits per heavy atom. The van der Waals surface area contributed by atoms with E-state index in [0.717, 1.165) is 11.4 Å².